The molecule has 1 aliphatic rings. The molecule has 0 aliphatic carbocycles. The Balaban J connectivity index is 1.99. The van der Waals surface area contributed by atoms with Crippen molar-refractivity contribution in [1.29, 1.82) is 0 Å². The van der Waals surface area contributed by atoms with Gasteiger partial charge in [0.15, 0.2) is 0 Å². The van der Waals surface area contributed by atoms with Crippen molar-refractivity contribution in [3.63, 3.8) is 0 Å². The number of hydrogen-bond acceptors (Lipinski definition) is 4. The number of rotatable bonds is 4. The molecule has 17 heavy (non-hydrogen) atoms. The number of ether oxygens (including phenoxy) is 1. The zero-order chi connectivity index (χ0) is 12.1. The first-order valence-corrected chi connectivity index (χ1v) is 6.39. The summed E-state index contributed by atoms with van der Waals surface area (Å²) in [5.41, 5.74) is 0. The highest BCUT2D eigenvalue weighted by Crippen LogP contribution is 2.16. The van der Waals surface area contributed by atoms with Crippen LogP contribution in [0, 0.1) is 0 Å². The summed E-state index contributed by atoms with van der Waals surface area (Å²) in [6.07, 6.45) is 2.40. The third kappa shape index (κ3) is 3.33. The first-order chi connectivity index (χ1) is 8.29. The number of nitrogens with one attached hydrogen (secondary N) is 2. The molecular formula is C13H21N3O. The van der Waals surface area contributed by atoms with Crippen molar-refractivity contribution in [2.24, 2.45) is 0 Å². The molecule has 1 aromatic heterocycles. The van der Waals surface area contributed by atoms with Gasteiger partial charge in [-0.25, -0.2) is 0 Å². The number of nitrogens with zero attached hydrogens (tertiary/aromatic N) is 1. The van der Waals surface area contributed by atoms with Crippen molar-refractivity contribution < 1.29 is 4.74 Å². The summed E-state index contributed by atoms with van der Waals surface area (Å²) in [7, 11) is 0. The van der Waals surface area contributed by atoms with Gasteiger partial charge in [0.25, 0.3) is 0 Å². The maximum absolute atomic E-state index is 5.40. The Kier molecular flexibility index (Phi) is 4.20. The van der Waals surface area contributed by atoms with Crippen LogP contribution < -0.4 is 15.4 Å². The van der Waals surface area contributed by atoms with Crippen LogP contribution in [-0.2, 0) is 0 Å². The van der Waals surface area contributed by atoms with E-state index in [2.05, 4.69) is 22.5 Å². The fraction of sp³-hybridized carbons (Fsp3) is 0.615. The lowest BCUT2D eigenvalue weighted by atomic mass is 10.00. The van der Waals surface area contributed by atoms with Crippen molar-refractivity contribution in [2.45, 2.75) is 38.8 Å². The van der Waals surface area contributed by atoms with Crippen LogP contribution in [0.5, 0.6) is 5.88 Å². The fourth-order valence-corrected chi connectivity index (χ4v) is 2.15. The zero-order valence-electron chi connectivity index (χ0n) is 10.6. The van der Waals surface area contributed by atoms with E-state index in [4.69, 9.17) is 4.74 Å². The van der Waals surface area contributed by atoms with Gasteiger partial charge in [-0.3, -0.25) is 0 Å². The molecule has 2 rings (SSSR count). The molecule has 0 aromatic carbocycles. The third-order valence-electron chi connectivity index (χ3n) is 3.11. The molecule has 1 aromatic rings. The van der Waals surface area contributed by atoms with Crippen LogP contribution >= 0.6 is 0 Å². The maximum Gasteiger partial charge on any atom is 0.215 e. The third-order valence-corrected chi connectivity index (χ3v) is 3.11. The topological polar surface area (TPSA) is 46.2 Å². The van der Waals surface area contributed by atoms with Crippen LogP contribution in [0.4, 0.5) is 5.82 Å². The molecule has 94 valence electrons. The largest absolute Gasteiger partial charge is 0.478 e. The average molecular weight is 235 g/mol. The van der Waals surface area contributed by atoms with E-state index in [0.717, 1.165) is 12.4 Å². The molecule has 0 amide bonds. The minimum Gasteiger partial charge on any atom is -0.478 e. The highest BCUT2D eigenvalue weighted by molar-refractivity contribution is 5.38. The number of anilines is 1. The number of piperidine rings is 1. The van der Waals surface area contributed by atoms with Crippen LogP contribution in [0.25, 0.3) is 0 Å². The second-order valence-corrected chi connectivity index (χ2v) is 4.43. The van der Waals surface area contributed by atoms with E-state index in [-0.39, 0.29) is 0 Å². The van der Waals surface area contributed by atoms with E-state index in [1.807, 2.05) is 25.1 Å². The molecule has 2 atom stereocenters. The Hall–Kier alpha value is -1.29. The van der Waals surface area contributed by atoms with Crippen LogP contribution in [0.15, 0.2) is 18.2 Å². The molecule has 1 saturated heterocycles. The van der Waals surface area contributed by atoms with Crippen molar-refractivity contribution in [1.82, 2.24) is 10.3 Å². The van der Waals surface area contributed by atoms with E-state index in [0.29, 0.717) is 24.6 Å². The lowest BCUT2D eigenvalue weighted by Gasteiger charge is -2.31. The van der Waals surface area contributed by atoms with E-state index >= 15 is 0 Å². The highest BCUT2D eigenvalue weighted by atomic mass is 16.5. The molecule has 2 N–H and O–H groups in total. The lowest BCUT2D eigenvalue weighted by molar-refractivity contribution is 0.327. The summed E-state index contributed by atoms with van der Waals surface area (Å²) < 4.78 is 5.40. The summed E-state index contributed by atoms with van der Waals surface area (Å²) in [5, 5.41) is 6.95. The van der Waals surface area contributed by atoms with Gasteiger partial charge in [0.2, 0.25) is 5.88 Å². The Labute approximate surface area is 103 Å². The average Bonchev–Trinajstić information content (AvgIpc) is 2.33. The van der Waals surface area contributed by atoms with Crippen LogP contribution in [0.3, 0.4) is 0 Å². The van der Waals surface area contributed by atoms with Crippen molar-refractivity contribution in [2.75, 3.05) is 18.5 Å². The molecule has 0 bridgehead atoms. The molecular weight excluding hydrogens is 214 g/mol. The summed E-state index contributed by atoms with van der Waals surface area (Å²) in [4.78, 5) is 4.43. The van der Waals surface area contributed by atoms with Gasteiger partial charge >= 0.3 is 0 Å². The predicted octanol–water partition coefficient (Wildman–Crippen LogP) is 2.03. The predicted molar refractivity (Wildman–Crippen MR) is 69.5 cm³/mol. The van der Waals surface area contributed by atoms with E-state index < -0.39 is 0 Å². The Morgan fingerprint density at radius 3 is 3.18 bits per heavy atom. The minimum atomic E-state index is 0.452. The number of hydrogen-bond donors (Lipinski definition) is 2. The minimum absolute atomic E-state index is 0.452. The van der Waals surface area contributed by atoms with E-state index in [1.165, 1.54) is 12.8 Å². The van der Waals surface area contributed by atoms with Crippen molar-refractivity contribution in [3.8, 4) is 5.88 Å². The zero-order valence-corrected chi connectivity index (χ0v) is 10.6. The SMILES string of the molecule is CCOc1cccc(NC2CCCNC2C)n1. The second-order valence-electron chi connectivity index (χ2n) is 4.43. The molecule has 2 unspecified atom stereocenters. The maximum atomic E-state index is 5.40. The highest BCUT2D eigenvalue weighted by Gasteiger charge is 2.20. The summed E-state index contributed by atoms with van der Waals surface area (Å²) >= 11 is 0. The first-order valence-electron chi connectivity index (χ1n) is 6.39. The standard InChI is InChI=1S/C13H21N3O/c1-3-17-13-8-4-7-12(16-13)15-11-6-5-9-14-10(11)2/h4,7-8,10-11,14H,3,5-6,9H2,1-2H3,(H,15,16). The molecule has 4 heteroatoms. The molecule has 0 saturated carbocycles. The van der Waals surface area contributed by atoms with Crippen LogP contribution in [0.1, 0.15) is 26.7 Å². The van der Waals surface area contributed by atoms with Gasteiger partial charge in [-0.05, 0) is 39.3 Å². The van der Waals surface area contributed by atoms with E-state index in [9.17, 15) is 0 Å². The van der Waals surface area contributed by atoms with Gasteiger partial charge < -0.3 is 15.4 Å². The van der Waals surface area contributed by atoms with Gasteiger partial charge in [-0.1, -0.05) is 6.07 Å². The molecule has 0 spiro atoms. The number of pyridine rings is 1. The van der Waals surface area contributed by atoms with Crippen molar-refractivity contribution in [3.05, 3.63) is 18.2 Å². The first kappa shape index (κ1) is 12.2. The molecule has 1 fully saturated rings. The van der Waals surface area contributed by atoms with E-state index in [1.54, 1.807) is 0 Å². The molecule has 2 heterocycles. The smallest absolute Gasteiger partial charge is 0.215 e. The lowest BCUT2D eigenvalue weighted by Crippen LogP contribution is -2.46. The molecule has 4 nitrogen and oxygen atoms in total. The van der Waals surface area contributed by atoms with Gasteiger partial charge in [-0.2, -0.15) is 4.98 Å². The molecule has 0 radical (unpaired) electrons. The van der Waals surface area contributed by atoms with Crippen LogP contribution in [0.2, 0.25) is 0 Å². The van der Waals surface area contributed by atoms with Crippen molar-refractivity contribution >= 4 is 5.82 Å². The van der Waals surface area contributed by atoms with Gasteiger partial charge in [0.05, 0.1) is 6.61 Å². The monoisotopic (exact) mass is 235 g/mol. The van der Waals surface area contributed by atoms with Gasteiger partial charge in [0, 0.05) is 18.2 Å². The Morgan fingerprint density at radius 1 is 1.53 bits per heavy atom. The fourth-order valence-electron chi connectivity index (χ4n) is 2.15. The molecule has 1 aliphatic heterocycles. The second kappa shape index (κ2) is 5.87. The quantitative estimate of drug-likeness (QED) is 0.838. The van der Waals surface area contributed by atoms with Crippen LogP contribution in [-0.4, -0.2) is 30.2 Å². The van der Waals surface area contributed by atoms with Gasteiger partial charge in [0.1, 0.15) is 5.82 Å². The Morgan fingerprint density at radius 2 is 2.41 bits per heavy atom. The normalized spacial score (nSPS) is 24.4. The Bertz CT molecular complexity index is 356. The number of aromatic nitrogens is 1. The summed E-state index contributed by atoms with van der Waals surface area (Å²) in [5.74, 6) is 1.59. The summed E-state index contributed by atoms with van der Waals surface area (Å²) in [6.45, 7) is 5.95. The van der Waals surface area contributed by atoms with Gasteiger partial charge in [-0.15, -0.1) is 0 Å². The summed E-state index contributed by atoms with van der Waals surface area (Å²) in [6, 6.07) is 6.79.